The summed E-state index contributed by atoms with van der Waals surface area (Å²) in [5.74, 6) is 0.370. The molecular formula is C14H19N3O2S. The van der Waals surface area contributed by atoms with Gasteiger partial charge in [-0.05, 0) is 30.7 Å². The van der Waals surface area contributed by atoms with Crippen molar-refractivity contribution in [2.24, 2.45) is 5.92 Å². The highest BCUT2D eigenvalue weighted by Gasteiger charge is 2.09. The van der Waals surface area contributed by atoms with E-state index in [0.717, 1.165) is 35.1 Å². The van der Waals surface area contributed by atoms with Crippen LogP contribution in [0.25, 0.3) is 10.6 Å². The number of hydrogen-bond donors (Lipinski definition) is 3. The molecule has 0 aliphatic heterocycles. The Balaban J connectivity index is 1.96. The Kier molecular flexibility index (Phi) is 4.92. The van der Waals surface area contributed by atoms with Gasteiger partial charge in [0.1, 0.15) is 10.0 Å². The molecule has 0 saturated heterocycles. The van der Waals surface area contributed by atoms with Crippen molar-refractivity contribution in [3.05, 3.63) is 23.2 Å². The average Bonchev–Trinajstić information content (AvgIpc) is 2.86. The van der Waals surface area contributed by atoms with Crippen molar-refractivity contribution in [1.82, 2.24) is 15.5 Å². The fourth-order valence-electron chi connectivity index (χ4n) is 1.71. The van der Waals surface area contributed by atoms with Crippen LogP contribution in [0.15, 0.2) is 18.2 Å². The zero-order chi connectivity index (χ0) is 14.5. The van der Waals surface area contributed by atoms with Crippen molar-refractivity contribution >= 4 is 11.3 Å². The lowest BCUT2D eigenvalue weighted by Crippen LogP contribution is -2.22. The van der Waals surface area contributed by atoms with Crippen LogP contribution in [0.3, 0.4) is 0 Å². The molecule has 0 fully saturated rings. The van der Waals surface area contributed by atoms with Gasteiger partial charge in [-0.2, -0.15) is 0 Å². The van der Waals surface area contributed by atoms with Crippen LogP contribution in [0.4, 0.5) is 0 Å². The molecule has 6 heteroatoms. The van der Waals surface area contributed by atoms with Crippen LogP contribution in [-0.4, -0.2) is 33.5 Å². The number of nitrogens with zero attached hydrogens (tertiary/aromatic N) is 2. The SMILES string of the molecule is CC(C)CNCCc1nnc(-c2ccc(O)c(O)c2)s1. The van der Waals surface area contributed by atoms with Crippen molar-refractivity contribution in [1.29, 1.82) is 0 Å². The summed E-state index contributed by atoms with van der Waals surface area (Å²) in [6, 6.07) is 4.67. The molecule has 0 bridgehead atoms. The third-order valence-corrected chi connectivity index (χ3v) is 3.79. The number of rotatable bonds is 6. The van der Waals surface area contributed by atoms with E-state index in [4.69, 9.17) is 0 Å². The van der Waals surface area contributed by atoms with Gasteiger partial charge < -0.3 is 15.5 Å². The van der Waals surface area contributed by atoms with E-state index in [2.05, 4.69) is 29.4 Å². The number of phenolic OH excluding ortho intramolecular Hbond substituents is 2. The molecule has 0 atom stereocenters. The Labute approximate surface area is 122 Å². The molecule has 108 valence electrons. The predicted molar refractivity (Wildman–Crippen MR) is 80.1 cm³/mol. The molecule has 2 rings (SSSR count). The number of aromatic nitrogens is 2. The van der Waals surface area contributed by atoms with Gasteiger partial charge in [-0.25, -0.2) is 0 Å². The van der Waals surface area contributed by atoms with Crippen molar-refractivity contribution in [2.45, 2.75) is 20.3 Å². The highest BCUT2D eigenvalue weighted by atomic mass is 32.1. The minimum absolute atomic E-state index is 0.128. The molecule has 1 aromatic carbocycles. The standard InChI is InChI=1S/C14H19N3O2S/c1-9(2)8-15-6-5-13-16-17-14(20-13)10-3-4-11(18)12(19)7-10/h3-4,7,9,15,18-19H,5-6,8H2,1-2H3. The molecule has 0 aliphatic carbocycles. The molecule has 0 saturated carbocycles. The summed E-state index contributed by atoms with van der Waals surface area (Å²) in [5.41, 5.74) is 0.763. The first kappa shape index (κ1) is 14.7. The maximum atomic E-state index is 9.49. The molecule has 0 unspecified atom stereocenters. The maximum absolute atomic E-state index is 9.49. The Morgan fingerprint density at radius 3 is 2.70 bits per heavy atom. The summed E-state index contributed by atoms with van der Waals surface area (Å²) in [7, 11) is 0. The van der Waals surface area contributed by atoms with Gasteiger partial charge in [0, 0.05) is 18.5 Å². The highest BCUT2D eigenvalue weighted by Crippen LogP contribution is 2.31. The van der Waals surface area contributed by atoms with Gasteiger partial charge in [0.25, 0.3) is 0 Å². The van der Waals surface area contributed by atoms with E-state index >= 15 is 0 Å². The predicted octanol–water partition coefficient (Wildman–Crippen LogP) is 2.40. The first-order valence-electron chi connectivity index (χ1n) is 6.61. The molecule has 3 N–H and O–H groups in total. The third-order valence-electron chi connectivity index (χ3n) is 2.76. The van der Waals surface area contributed by atoms with Gasteiger partial charge in [-0.3, -0.25) is 0 Å². The van der Waals surface area contributed by atoms with E-state index in [1.807, 2.05) is 0 Å². The van der Waals surface area contributed by atoms with Crippen LogP contribution >= 0.6 is 11.3 Å². The molecule has 1 heterocycles. The van der Waals surface area contributed by atoms with Crippen LogP contribution in [0.2, 0.25) is 0 Å². The Morgan fingerprint density at radius 2 is 2.00 bits per heavy atom. The van der Waals surface area contributed by atoms with Crippen LogP contribution < -0.4 is 5.32 Å². The summed E-state index contributed by atoms with van der Waals surface area (Å²) in [6.07, 6.45) is 0.842. The monoisotopic (exact) mass is 293 g/mol. The largest absolute Gasteiger partial charge is 0.504 e. The fraction of sp³-hybridized carbons (Fsp3) is 0.429. The highest BCUT2D eigenvalue weighted by molar-refractivity contribution is 7.14. The Morgan fingerprint density at radius 1 is 1.20 bits per heavy atom. The molecule has 20 heavy (non-hydrogen) atoms. The topological polar surface area (TPSA) is 78.3 Å². The zero-order valence-electron chi connectivity index (χ0n) is 11.6. The van der Waals surface area contributed by atoms with Gasteiger partial charge in [0.2, 0.25) is 0 Å². The van der Waals surface area contributed by atoms with E-state index in [9.17, 15) is 10.2 Å². The lowest BCUT2D eigenvalue weighted by Gasteiger charge is -2.05. The van der Waals surface area contributed by atoms with Crippen molar-refractivity contribution in [2.75, 3.05) is 13.1 Å². The Hall–Kier alpha value is -1.66. The second kappa shape index (κ2) is 6.67. The normalized spacial score (nSPS) is 11.2. The lowest BCUT2D eigenvalue weighted by molar-refractivity contribution is 0.404. The first-order valence-corrected chi connectivity index (χ1v) is 7.43. The van der Waals surface area contributed by atoms with Crippen LogP contribution in [0, 0.1) is 5.92 Å². The number of benzene rings is 1. The lowest BCUT2D eigenvalue weighted by atomic mass is 10.2. The summed E-state index contributed by atoms with van der Waals surface area (Å²) in [4.78, 5) is 0. The fourth-order valence-corrected chi connectivity index (χ4v) is 2.55. The summed E-state index contributed by atoms with van der Waals surface area (Å²) >= 11 is 1.50. The number of hydrogen-bond acceptors (Lipinski definition) is 6. The summed E-state index contributed by atoms with van der Waals surface area (Å²) < 4.78 is 0. The summed E-state index contributed by atoms with van der Waals surface area (Å²) in [5, 5.41) is 32.1. The Bertz CT molecular complexity index is 569. The van der Waals surface area contributed by atoms with Crippen molar-refractivity contribution in [3.63, 3.8) is 0 Å². The van der Waals surface area contributed by atoms with Crippen molar-refractivity contribution in [3.8, 4) is 22.1 Å². The van der Waals surface area contributed by atoms with Crippen LogP contribution in [0.5, 0.6) is 11.5 Å². The quantitative estimate of drug-likeness (QED) is 0.563. The zero-order valence-corrected chi connectivity index (χ0v) is 12.4. The number of phenols is 2. The van der Waals surface area contributed by atoms with E-state index < -0.39 is 0 Å². The average molecular weight is 293 g/mol. The molecule has 2 aromatic rings. The van der Waals surface area contributed by atoms with Gasteiger partial charge in [0.15, 0.2) is 11.5 Å². The van der Waals surface area contributed by atoms with Gasteiger partial charge >= 0.3 is 0 Å². The van der Waals surface area contributed by atoms with Crippen LogP contribution in [-0.2, 0) is 6.42 Å². The first-order chi connectivity index (χ1) is 9.56. The van der Waals surface area contributed by atoms with E-state index in [0.29, 0.717) is 5.92 Å². The smallest absolute Gasteiger partial charge is 0.158 e. The van der Waals surface area contributed by atoms with E-state index in [-0.39, 0.29) is 11.5 Å². The number of nitrogens with one attached hydrogen (secondary N) is 1. The van der Waals surface area contributed by atoms with Crippen LogP contribution in [0.1, 0.15) is 18.9 Å². The maximum Gasteiger partial charge on any atom is 0.158 e. The molecule has 0 spiro atoms. The molecule has 5 nitrogen and oxygen atoms in total. The van der Waals surface area contributed by atoms with Gasteiger partial charge in [-0.15, -0.1) is 10.2 Å². The van der Waals surface area contributed by atoms with Crippen molar-refractivity contribution < 1.29 is 10.2 Å². The molecule has 0 radical (unpaired) electrons. The second-order valence-electron chi connectivity index (χ2n) is 5.05. The molecule has 1 aromatic heterocycles. The number of aromatic hydroxyl groups is 2. The van der Waals surface area contributed by atoms with E-state index in [1.54, 1.807) is 6.07 Å². The van der Waals surface area contributed by atoms with E-state index in [1.165, 1.54) is 23.5 Å². The summed E-state index contributed by atoms with van der Waals surface area (Å²) in [6.45, 7) is 6.23. The minimum Gasteiger partial charge on any atom is -0.504 e. The molecule has 0 amide bonds. The third kappa shape index (κ3) is 3.91. The van der Waals surface area contributed by atoms with Gasteiger partial charge in [-0.1, -0.05) is 25.2 Å². The molecule has 0 aliphatic rings. The second-order valence-corrected chi connectivity index (χ2v) is 6.11. The van der Waals surface area contributed by atoms with Gasteiger partial charge in [0.05, 0.1) is 0 Å². The molecular weight excluding hydrogens is 274 g/mol. The minimum atomic E-state index is -0.141.